The molecule has 1 fully saturated rings. The molecule has 1 aliphatic rings. The van der Waals surface area contributed by atoms with E-state index in [0.717, 1.165) is 5.56 Å². The average Bonchev–Trinajstić information content (AvgIpc) is 2.93. The quantitative estimate of drug-likeness (QED) is 0.715. The van der Waals surface area contributed by atoms with E-state index in [1.54, 1.807) is 10.9 Å². The summed E-state index contributed by atoms with van der Waals surface area (Å²) in [5, 5.41) is 16.2. The summed E-state index contributed by atoms with van der Waals surface area (Å²) < 4.78 is 6.92. The first-order chi connectivity index (χ1) is 9.70. The number of nitrogens with zero attached hydrogens (tertiary/aromatic N) is 3. The van der Waals surface area contributed by atoms with Gasteiger partial charge in [-0.15, -0.1) is 0 Å². The summed E-state index contributed by atoms with van der Waals surface area (Å²) in [7, 11) is 0. The Hall–Kier alpha value is -1.44. The Balaban J connectivity index is 1.78. The van der Waals surface area contributed by atoms with Crippen LogP contribution in [0, 0.1) is 0 Å². The van der Waals surface area contributed by atoms with Gasteiger partial charge in [-0.1, -0.05) is 0 Å². The fourth-order valence-electron chi connectivity index (χ4n) is 2.14. The van der Waals surface area contributed by atoms with Crippen LogP contribution >= 0.6 is 0 Å². The molecule has 2 rings (SSSR count). The summed E-state index contributed by atoms with van der Waals surface area (Å²) in [6, 6.07) is -0.228. The minimum atomic E-state index is -0.228. The van der Waals surface area contributed by atoms with Gasteiger partial charge in [0.1, 0.15) is 0 Å². The van der Waals surface area contributed by atoms with Crippen molar-refractivity contribution in [2.75, 3.05) is 32.9 Å². The van der Waals surface area contributed by atoms with E-state index >= 15 is 0 Å². The second kappa shape index (κ2) is 7.37. The number of aliphatic hydroxyl groups is 1. The highest BCUT2D eigenvalue weighted by atomic mass is 16.5. The Morgan fingerprint density at radius 3 is 3.00 bits per heavy atom. The molecule has 1 atom stereocenters. The lowest BCUT2D eigenvalue weighted by Gasteiger charge is -2.29. The first-order valence-electron chi connectivity index (χ1n) is 6.93. The predicted molar refractivity (Wildman–Crippen MR) is 73.0 cm³/mol. The van der Waals surface area contributed by atoms with E-state index in [9.17, 15) is 4.79 Å². The van der Waals surface area contributed by atoms with Gasteiger partial charge in [-0.2, -0.15) is 5.10 Å². The van der Waals surface area contributed by atoms with Crippen LogP contribution in [0.5, 0.6) is 0 Å². The van der Waals surface area contributed by atoms with Crippen molar-refractivity contribution in [2.24, 2.45) is 0 Å². The van der Waals surface area contributed by atoms with E-state index in [1.807, 2.05) is 18.0 Å². The molecule has 2 N–H and O–H groups in total. The van der Waals surface area contributed by atoms with E-state index in [0.29, 0.717) is 39.4 Å². The maximum absolute atomic E-state index is 12.2. The van der Waals surface area contributed by atoms with Crippen molar-refractivity contribution in [2.45, 2.75) is 26.1 Å². The second-order valence-electron chi connectivity index (χ2n) is 4.88. The van der Waals surface area contributed by atoms with Crippen molar-refractivity contribution in [3.05, 3.63) is 18.0 Å². The number of carbonyl (C=O) groups excluding carboxylic acids is 1. The van der Waals surface area contributed by atoms with Crippen molar-refractivity contribution in [3.8, 4) is 0 Å². The number of amides is 1. The molecule has 1 aromatic rings. The van der Waals surface area contributed by atoms with Gasteiger partial charge in [-0.3, -0.25) is 9.48 Å². The van der Waals surface area contributed by atoms with Crippen LogP contribution in [0.2, 0.25) is 0 Å². The van der Waals surface area contributed by atoms with E-state index in [4.69, 9.17) is 9.84 Å². The van der Waals surface area contributed by atoms with Gasteiger partial charge in [-0.05, 0) is 6.92 Å². The second-order valence-corrected chi connectivity index (χ2v) is 4.88. The molecule has 0 saturated carbocycles. The molecule has 1 aliphatic heterocycles. The third-order valence-electron chi connectivity index (χ3n) is 3.32. The number of rotatable bonds is 6. The molecule has 1 amide bonds. The van der Waals surface area contributed by atoms with Crippen molar-refractivity contribution in [1.82, 2.24) is 20.0 Å². The van der Waals surface area contributed by atoms with Crippen LogP contribution in [0.15, 0.2) is 12.4 Å². The van der Waals surface area contributed by atoms with Crippen molar-refractivity contribution in [3.63, 3.8) is 0 Å². The smallest absolute Gasteiger partial charge is 0.239 e. The summed E-state index contributed by atoms with van der Waals surface area (Å²) in [5.41, 5.74) is 1.00. The number of nitrogens with one attached hydrogen (secondary N) is 1. The fraction of sp³-hybridized carbons (Fsp3) is 0.692. The van der Waals surface area contributed by atoms with Gasteiger partial charge in [0, 0.05) is 31.4 Å². The van der Waals surface area contributed by atoms with Crippen LogP contribution < -0.4 is 5.32 Å². The Kier molecular flexibility index (Phi) is 5.51. The molecule has 0 bridgehead atoms. The number of carbonyl (C=O) groups is 1. The summed E-state index contributed by atoms with van der Waals surface area (Å²) >= 11 is 0. The third kappa shape index (κ3) is 4.03. The van der Waals surface area contributed by atoms with E-state index in [-0.39, 0.29) is 18.6 Å². The van der Waals surface area contributed by atoms with Crippen LogP contribution in [0.1, 0.15) is 12.5 Å². The standard InChI is InChI=1S/C13H22N4O3/c1-11(13(19)16-3-6-20-7-4-16)14-8-12-9-15-17(10-12)2-5-18/h9-11,14,18H,2-8H2,1H3. The normalized spacial score (nSPS) is 17.2. The molecule has 0 spiro atoms. The summed E-state index contributed by atoms with van der Waals surface area (Å²) in [6.07, 6.45) is 3.61. The van der Waals surface area contributed by atoms with Crippen molar-refractivity contribution >= 4 is 5.91 Å². The van der Waals surface area contributed by atoms with Gasteiger partial charge >= 0.3 is 0 Å². The minimum absolute atomic E-state index is 0.0699. The number of hydrogen-bond acceptors (Lipinski definition) is 5. The predicted octanol–water partition coefficient (Wildman–Crippen LogP) is -0.788. The monoisotopic (exact) mass is 282 g/mol. The van der Waals surface area contributed by atoms with Crippen LogP contribution in [0.25, 0.3) is 0 Å². The molecule has 0 aromatic carbocycles. The summed E-state index contributed by atoms with van der Waals surface area (Å²) in [6.45, 7) is 5.58. The van der Waals surface area contributed by atoms with E-state index in [2.05, 4.69) is 10.4 Å². The van der Waals surface area contributed by atoms with Gasteiger partial charge in [0.15, 0.2) is 0 Å². The highest BCUT2D eigenvalue weighted by Gasteiger charge is 2.21. The maximum Gasteiger partial charge on any atom is 0.239 e. The zero-order chi connectivity index (χ0) is 14.4. The Morgan fingerprint density at radius 1 is 1.55 bits per heavy atom. The lowest BCUT2D eigenvalue weighted by atomic mass is 10.2. The Labute approximate surface area is 118 Å². The Morgan fingerprint density at radius 2 is 2.30 bits per heavy atom. The SMILES string of the molecule is CC(NCc1cnn(CCO)c1)C(=O)N1CCOCC1. The van der Waals surface area contributed by atoms with Gasteiger partial charge in [0.2, 0.25) is 5.91 Å². The lowest BCUT2D eigenvalue weighted by Crippen LogP contribution is -2.49. The van der Waals surface area contributed by atoms with E-state index in [1.165, 1.54) is 0 Å². The van der Waals surface area contributed by atoms with Crippen LogP contribution in [-0.4, -0.2) is 64.6 Å². The molecule has 7 nitrogen and oxygen atoms in total. The molecule has 2 heterocycles. The molecule has 0 aliphatic carbocycles. The average molecular weight is 282 g/mol. The number of hydrogen-bond donors (Lipinski definition) is 2. The summed E-state index contributed by atoms with van der Waals surface area (Å²) in [4.78, 5) is 14.0. The number of ether oxygens (including phenoxy) is 1. The van der Waals surface area contributed by atoms with Gasteiger partial charge in [-0.25, -0.2) is 0 Å². The molecular formula is C13H22N4O3. The lowest BCUT2D eigenvalue weighted by molar-refractivity contribution is -0.137. The largest absolute Gasteiger partial charge is 0.394 e. The highest BCUT2D eigenvalue weighted by Crippen LogP contribution is 2.02. The van der Waals surface area contributed by atoms with E-state index < -0.39 is 0 Å². The maximum atomic E-state index is 12.2. The fourth-order valence-corrected chi connectivity index (χ4v) is 2.14. The first-order valence-corrected chi connectivity index (χ1v) is 6.93. The molecular weight excluding hydrogens is 260 g/mol. The molecule has 20 heavy (non-hydrogen) atoms. The molecule has 112 valence electrons. The minimum Gasteiger partial charge on any atom is -0.394 e. The number of aromatic nitrogens is 2. The summed E-state index contributed by atoms with van der Waals surface area (Å²) in [5.74, 6) is 0.107. The van der Waals surface area contributed by atoms with Crippen LogP contribution in [-0.2, 0) is 22.6 Å². The van der Waals surface area contributed by atoms with Crippen LogP contribution in [0.4, 0.5) is 0 Å². The van der Waals surface area contributed by atoms with Crippen molar-refractivity contribution < 1.29 is 14.6 Å². The molecule has 1 aromatic heterocycles. The topological polar surface area (TPSA) is 79.6 Å². The van der Waals surface area contributed by atoms with Gasteiger partial charge in [0.05, 0.1) is 38.6 Å². The highest BCUT2D eigenvalue weighted by molar-refractivity contribution is 5.81. The number of morpholine rings is 1. The third-order valence-corrected chi connectivity index (χ3v) is 3.32. The Bertz CT molecular complexity index is 429. The van der Waals surface area contributed by atoms with Gasteiger partial charge < -0.3 is 20.1 Å². The molecule has 1 unspecified atom stereocenters. The molecule has 0 radical (unpaired) electrons. The molecule has 1 saturated heterocycles. The zero-order valence-corrected chi connectivity index (χ0v) is 11.8. The van der Waals surface area contributed by atoms with Crippen molar-refractivity contribution in [1.29, 1.82) is 0 Å². The van der Waals surface area contributed by atoms with Crippen LogP contribution in [0.3, 0.4) is 0 Å². The van der Waals surface area contributed by atoms with Gasteiger partial charge in [0.25, 0.3) is 0 Å². The molecule has 7 heteroatoms. The zero-order valence-electron chi connectivity index (χ0n) is 11.8. The number of aliphatic hydroxyl groups excluding tert-OH is 1. The first kappa shape index (κ1) is 15.0.